The summed E-state index contributed by atoms with van der Waals surface area (Å²) < 4.78 is 2.25. The highest BCUT2D eigenvalue weighted by Crippen LogP contribution is 2.35. The van der Waals surface area contributed by atoms with E-state index >= 15 is 0 Å². The summed E-state index contributed by atoms with van der Waals surface area (Å²) in [6.07, 6.45) is 7.81. The predicted octanol–water partition coefficient (Wildman–Crippen LogP) is 3.96. The van der Waals surface area contributed by atoms with Gasteiger partial charge in [-0.15, -0.1) is 0 Å². The lowest BCUT2D eigenvalue weighted by molar-refractivity contribution is 0.0936. The van der Waals surface area contributed by atoms with Gasteiger partial charge < -0.3 is 9.88 Å². The third kappa shape index (κ3) is 3.02. The molecule has 1 aliphatic heterocycles. The number of hydrogen-bond donors (Lipinski definition) is 1. The van der Waals surface area contributed by atoms with Gasteiger partial charge in [0, 0.05) is 36.5 Å². The van der Waals surface area contributed by atoms with Crippen LogP contribution in [0.15, 0.2) is 42.7 Å². The molecule has 1 N–H and O–H groups in total. The molecule has 0 spiro atoms. The highest BCUT2D eigenvalue weighted by atomic mass is 35.5. The molecule has 2 aromatic heterocycles. The Balaban J connectivity index is 1.41. The molecule has 1 amide bonds. The molecular formula is C21H19ClN4O. The van der Waals surface area contributed by atoms with E-state index in [0.29, 0.717) is 10.7 Å². The van der Waals surface area contributed by atoms with Crippen LogP contribution >= 0.6 is 11.6 Å². The van der Waals surface area contributed by atoms with Crippen molar-refractivity contribution in [2.75, 3.05) is 0 Å². The van der Waals surface area contributed by atoms with Crippen LogP contribution < -0.4 is 5.32 Å². The van der Waals surface area contributed by atoms with Gasteiger partial charge >= 0.3 is 0 Å². The standard InChI is InChI=1S/C21H19ClN4O/c22-19-11-15(7-8-23-19)21(27)25-17-6-5-13-3-4-14(10-16(13)17)18-12-26-9-1-2-20(26)24-18/h3-4,7-8,10-12,17H,1-2,5-6,9H2,(H,25,27)/t17-/m1/s1. The molecule has 0 fully saturated rings. The van der Waals surface area contributed by atoms with Crippen molar-refractivity contribution in [2.45, 2.75) is 38.3 Å². The largest absolute Gasteiger partial charge is 0.345 e. The Labute approximate surface area is 162 Å². The molecular weight excluding hydrogens is 360 g/mol. The summed E-state index contributed by atoms with van der Waals surface area (Å²) in [4.78, 5) is 21.3. The third-order valence-corrected chi connectivity index (χ3v) is 5.68. The summed E-state index contributed by atoms with van der Waals surface area (Å²) in [5.74, 6) is 1.05. The van der Waals surface area contributed by atoms with E-state index in [1.54, 1.807) is 18.3 Å². The van der Waals surface area contributed by atoms with Crippen molar-refractivity contribution in [2.24, 2.45) is 0 Å². The molecule has 1 aromatic carbocycles. The zero-order valence-electron chi connectivity index (χ0n) is 14.8. The molecule has 0 radical (unpaired) electrons. The Morgan fingerprint density at radius 2 is 2.15 bits per heavy atom. The highest BCUT2D eigenvalue weighted by Gasteiger charge is 2.25. The minimum Gasteiger partial charge on any atom is -0.345 e. The van der Waals surface area contributed by atoms with Crippen LogP contribution in [0.2, 0.25) is 5.15 Å². The number of nitrogens with one attached hydrogen (secondary N) is 1. The topological polar surface area (TPSA) is 59.8 Å². The van der Waals surface area contributed by atoms with Gasteiger partial charge in [0.1, 0.15) is 11.0 Å². The van der Waals surface area contributed by atoms with Crippen LogP contribution in [0.3, 0.4) is 0 Å². The molecule has 5 nitrogen and oxygen atoms in total. The molecule has 6 heteroatoms. The number of pyridine rings is 1. The molecule has 3 heterocycles. The number of carbonyl (C=O) groups excluding carboxylic acids is 1. The summed E-state index contributed by atoms with van der Waals surface area (Å²) in [7, 11) is 0. The van der Waals surface area contributed by atoms with Gasteiger partial charge in [-0.25, -0.2) is 9.97 Å². The summed E-state index contributed by atoms with van der Waals surface area (Å²) in [5.41, 5.74) is 5.15. The quantitative estimate of drug-likeness (QED) is 0.702. The molecule has 136 valence electrons. The van der Waals surface area contributed by atoms with Crippen LogP contribution in [0, 0.1) is 0 Å². The van der Waals surface area contributed by atoms with Crippen LogP contribution in [0.25, 0.3) is 11.3 Å². The summed E-state index contributed by atoms with van der Waals surface area (Å²) in [5, 5.41) is 3.47. The fourth-order valence-corrected chi connectivity index (χ4v) is 4.26. The van der Waals surface area contributed by atoms with Gasteiger partial charge in [-0.3, -0.25) is 4.79 Å². The third-order valence-electron chi connectivity index (χ3n) is 5.47. The van der Waals surface area contributed by atoms with Gasteiger partial charge in [0.2, 0.25) is 0 Å². The SMILES string of the molecule is O=C(N[C@@H]1CCc2ccc(-c3cn4c(n3)CCC4)cc21)c1ccnc(Cl)c1. The van der Waals surface area contributed by atoms with Gasteiger partial charge in [-0.1, -0.05) is 23.7 Å². The molecule has 0 saturated heterocycles. The molecule has 1 aliphatic carbocycles. The first-order valence-electron chi connectivity index (χ1n) is 9.29. The normalized spacial score (nSPS) is 17.6. The number of hydrogen-bond acceptors (Lipinski definition) is 3. The van der Waals surface area contributed by atoms with Crippen LogP contribution in [-0.2, 0) is 19.4 Å². The van der Waals surface area contributed by atoms with E-state index < -0.39 is 0 Å². The summed E-state index contributed by atoms with van der Waals surface area (Å²) in [6.45, 7) is 1.06. The predicted molar refractivity (Wildman–Crippen MR) is 104 cm³/mol. The molecule has 2 aliphatic rings. The van der Waals surface area contributed by atoms with Crippen LogP contribution in [0.5, 0.6) is 0 Å². The number of benzene rings is 1. The zero-order chi connectivity index (χ0) is 18.4. The maximum atomic E-state index is 12.6. The lowest BCUT2D eigenvalue weighted by Crippen LogP contribution is -2.27. The average Bonchev–Trinajstić information content (AvgIpc) is 3.36. The minimum atomic E-state index is -0.122. The molecule has 0 saturated carbocycles. The van der Waals surface area contributed by atoms with Crippen molar-refractivity contribution >= 4 is 17.5 Å². The van der Waals surface area contributed by atoms with E-state index in [-0.39, 0.29) is 11.9 Å². The fraction of sp³-hybridized carbons (Fsp3) is 0.286. The van der Waals surface area contributed by atoms with Gasteiger partial charge in [-0.05, 0) is 48.6 Å². The number of aromatic nitrogens is 3. The van der Waals surface area contributed by atoms with E-state index in [1.165, 1.54) is 23.4 Å². The van der Waals surface area contributed by atoms with Gasteiger partial charge in [0.15, 0.2) is 0 Å². The number of rotatable bonds is 3. The van der Waals surface area contributed by atoms with E-state index in [1.807, 2.05) is 0 Å². The lowest BCUT2D eigenvalue weighted by Gasteiger charge is -2.15. The maximum Gasteiger partial charge on any atom is 0.251 e. The van der Waals surface area contributed by atoms with Gasteiger partial charge in [0.05, 0.1) is 11.7 Å². The Kier molecular flexibility index (Phi) is 3.97. The van der Waals surface area contributed by atoms with Gasteiger partial charge in [0.25, 0.3) is 5.91 Å². The van der Waals surface area contributed by atoms with E-state index in [2.05, 4.69) is 39.3 Å². The smallest absolute Gasteiger partial charge is 0.251 e. The number of aryl methyl sites for hydroxylation is 3. The van der Waals surface area contributed by atoms with Gasteiger partial charge in [-0.2, -0.15) is 0 Å². The fourth-order valence-electron chi connectivity index (χ4n) is 4.09. The number of halogens is 1. The minimum absolute atomic E-state index is 0.00820. The average molecular weight is 379 g/mol. The molecule has 3 aromatic rings. The number of fused-ring (bicyclic) bond motifs is 2. The lowest BCUT2D eigenvalue weighted by atomic mass is 10.0. The Bertz CT molecular complexity index is 1020. The number of imidazole rings is 1. The second-order valence-electron chi connectivity index (χ2n) is 7.18. The molecule has 0 bridgehead atoms. The van der Waals surface area contributed by atoms with Crippen molar-refractivity contribution in [3.05, 3.63) is 70.4 Å². The summed E-state index contributed by atoms with van der Waals surface area (Å²) in [6, 6.07) is 9.78. The van der Waals surface area contributed by atoms with E-state index in [0.717, 1.165) is 37.1 Å². The first-order valence-corrected chi connectivity index (χ1v) is 9.67. The molecule has 27 heavy (non-hydrogen) atoms. The monoisotopic (exact) mass is 378 g/mol. The first-order chi connectivity index (χ1) is 13.2. The second kappa shape index (κ2) is 6.50. The zero-order valence-corrected chi connectivity index (χ0v) is 15.5. The van der Waals surface area contributed by atoms with Crippen LogP contribution in [0.4, 0.5) is 0 Å². The Morgan fingerprint density at radius 3 is 3.00 bits per heavy atom. The highest BCUT2D eigenvalue weighted by molar-refractivity contribution is 6.29. The maximum absolute atomic E-state index is 12.6. The number of amides is 1. The summed E-state index contributed by atoms with van der Waals surface area (Å²) >= 11 is 5.91. The van der Waals surface area contributed by atoms with Crippen molar-refractivity contribution in [1.29, 1.82) is 0 Å². The van der Waals surface area contributed by atoms with Crippen LogP contribution in [-0.4, -0.2) is 20.4 Å². The number of carbonyl (C=O) groups is 1. The van der Waals surface area contributed by atoms with E-state index in [9.17, 15) is 4.79 Å². The molecule has 5 rings (SSSR count). The second-order valence-corrected chi connectivity index (χ2v) is 7.57. The molecule has 0 unspecified atom stereocenters. The van der Waals surface area contributed by atoms with Crippen LogP contribution in [0.1, 0.15) is 46.2 Å². The number of nitrogens with zero attached hydrogens (tertiary/aromatic N) is 3. The van der Waals surface area contributed by atoms with Crippen molar-refractivity contribution < 1.29 is 4.79 Å². The van der Waals surface area contributed by atoms with Crippen molar-refractivity contribution in [3.8, 4) is 11.3 Å². The van der Waals surface area contributed by atoms with Crippen molar-refractivity contribution in [1.82, 2.24) is 19.9 Å². The Hall–Kier alpha value is -2.66. The molecule has 1 atom stereocenters. The first kappa shape index (κ1) is 16.5. The van der Waals surface area contributed by atoms with E-state index in [4.69, 9.17) is 16.6 Å². The van der Waals surface area contributed by atoms with Crippen molar-refractivity contribution in [3.63, 3.8) is 0 Å². The Morgan fingerprint density at radius 1 is 1.22 bits per heavy atom.